The van der Waals surface area contributed by atoms with Crippen LogP contribution in [-0.4, -0.2) is 50.4 Å². The number of benzodiazepines with no additional fused rings is 1. The number of alkyl halides is 2. The molecule has 3 heterocycles. The average Bonchev–Trinajstić information content (AvgIpc) is 3.77. The highest BCUT2D eigenvalue weighted by Gasteiger charge is 2.37. The molecule has 236 valence electrons. The van der Waals surface area contributed by atoms with Crippen LogP contribution in [0.1, 0.15) is 66.1 Å². The van der Waals surface area contributed by atoms with Gasteiger partial charge in [0.25, 0.3) is 11.8 Å². The van der Waals surface area contributed by atoms with Gasteiger partial charge in [-0.1, -0.05) is 42.5 Å². The minimum Gasteiger partial charge on any atom is -0.367 e. The lowest BCUT2D eigenvalue weighted by Gasteiger charge is -2.28. The number of aromatic nitrogens is 3. The van der Waals surface area contributed by atoms with E-state index < -0.39 is 41.7 Å². The van der Waals surface area contributed by atoms with Crippen LogP contribution in [0.3, 0.4) is 0 Å². The SMILES string of the molecule is O=C(N[C@H]1N=C(c2ccccc2)c2cccc(F)c2NC1=O)c1cn(C2CCC(F)(F)CC2)nc1-c1ccc(NC2CC2)nc1F. The van der Waals surface area contributed by atoms with E-state index in [2.05, 4.69) is 31.0 Å². The number of nitrogens with one attached hydrogen (secondary N) is 3. The Morgan fingerprint density at radius 1 is 0.935 bits per heavy atom. The molecule has 2 aliphatic carbocycles. The largest absolute Gasteiger partial charge is 0.367 e. The topological polar surface area (TPSA) is 113 Å². The smallest absolute Gasteiger partial charge is 0.269 e. The molecule has 2 amide bonds. The van der Waals surface area contributed by atoms with Gasteiger partial charge < -0.3 is 16.0 Å². The van der Waals surface area contributed by atoms with Gasteiger partial charge in [0, 0.05) is 36.2 Å². The standard InChI is InChI=1S/C33H29F4N7O2/c34-24-8-4-7-21-26(18-5-2-1-3-6-18)40-30(32(46)41-28(21)24)42-31(45)23-17-44(20-13-15-33(36,37)16-14-20)43-27(23)22-11-12-25(39-29(22)35)38-19-9-10-19/h1-8,11-12,17,19-20,30H,9-10,13-16H2,(H,38,39)(H,41,46)(H,42,45)/t30-/m1/s1. The Bertz CT molecular complexity index is 1850. The highest BCUT2D eigenvalue weighted by molar-refractivity contribution is 6.20. The molecule has 0 radical (unpaired) electrons. The third kappa shape index (κ3) is 5.96. The Balaban J connectivity index is 1.25. The maximum atomic E-state index is 15.5. The number of fused-ring (bicyclic) bond motifs is 1. The van der Waals surface area contributed by atoms with E-state index in [4.69, 9.17) is 0 Å². The van der Waals surface area contributed by atoms with Crippen molar-refractivity contribution < 1.29 is 27.2 Å². The summed E-state index contributed by atoms with van der Waals surface area (Å²) in [6, 6.07) is 15.9. The normalized spacial score (nSPS) is 19.4. The van der Waals surface area contributed by atoms with Gasteiger partial charge in [0.15, 0.2) is 0 Å². The molecule has 0 spiro atoms. The van der Waals surface area contributed by atoms with Crippen molar-refractivity contribution in [1.82, 2.24) is 20.1 Å². The Labute approximate surface area is 261 Å². The Hall–Kier alpha value is -5.07. The lowest BCUT2D eigenvalue weighted by molar-refractivity contribution is -0.117. The van der Waals surface area contributed by atoms with E-state index in [1.165, 1.54) is 29.1 Å². The van der Waals surface area contributed by atoms with Crippen LogP contribution in [0.25, 0.3) is 11.3 Å². The van der Waals surface area contributed by atoms with E-state index in [0.717, 1.165) is 12.8 Å². The fourth-order valence-corrected chi connectivity index (χ4v) is 5.78. The number of carbonyl (C=O) groups excluding carboxylic acids is 2. The number of rotatable bonds is 7. The second-order valence-corrected chi connectivity index (χ2v) is 11.8. The molecule has 2 fully saturated rings. The summed E-state index contributed by atoms with van der Waals surface area (Å²) < 4.78 is 59.6. The number of halogens is 4. The van der Waals surface area contributed by atoms with Gasteiger partial charge in [-0.3, -0.25) is 14.3 Å². The van der Waals surface area contributed by atoms with Crippen LogP contribution in [0.15, 0.2) is 71.9 Å². The summed E-state index contributed by atoms with van der Waals surface area (Å²) in [5.41, 5.74) is 0.869. The maximum absolute atomic E-state index is 15.5. The van der Waals surface area contributed by atoms with Gasteiger partial charge in [0.1, 0.15) is 17.3 Å². The van der Waals surface area contributed by atoms with E-state index in [9.17, 15) is 22.8 Å². The molecule has 3 N–H and O–H groups in total. The minimum absolute atomic E-state index is 0.0616. The van der Waals surface area contributed by atoms with Crippen molar-refractivity contribution in [3.63, 3.8) is 0 Å². The molecule has 7 rings (SSSR count). The molecule has 2 aromatic heterocycles. The molecular formula is C33H29F4N7O2. The van der Waals surface area contributed by atoms with Crippen molar-refractivity contribution in [2.45, 2.75) is 62.7 Å². The summed E-state index contributed by atoms with van der Waals surface area (Å²) in [6.45, 7) is 0. The van der Waals surface area contributed by atoms with E-state index >= 15 is 4.39 Å². The van der Waals surface area contributed by atoms with E-state index in [-0.39, 0.29) is 59.9 Å². The molecule has 2 saturated carbocycles. The zero-order valence-electron chi connectivity index (χ0n) is 24.4. The Morgan fingerprint density at radius 3 is 2.41 bits per heavy atom. The summed E-state index contributed by atoms with van der Waals surface area (Å²) in [4.78, 5) is 35.8. The Morgan fingerprint density at radius 2 is 1.70 bits per heavy atom. The molecule has 1 aliphatic heterocycles. The van der Waals surface area contributed by atoms with Crippen molar-refractivity contribution >= 4 is 29.0 Å². The predicted octanol–water partition coefficient (Wildman–Crippen LogP) is 6.09. The van der Waals surface area contributed by atoms with Gasteiger partial charge in [0.2, 0.25) is 18.0 Å². The lowest BCUT2D eigenvalue weighted by Crippen LogP contribution is -2.42. The summed E-state index contributed by atoms with van der Waals surface area (Å²) in [6.07, 6.45) is 1.32. The van der Waals surface area contributed by atoms with Crippen LogP contribution >= 0.6 is 0 Å². The van der Waals surface area contributed by atoms with Crippen molar-refractivity contribution in [2.24, 2.45) is 4.99 Å². The van der Waals surface area contributed by atoms with Crippen LogP contribution in [0.2, 0.25) is 0 Å². The number of carbonyl (C=O) groups is 2. The number of anilines is 2. The predicted molar refractivity (Wildman–Crippen MR) is 163 cm³/mol. The first-order valence-electron chi connectivity index (χ1n) is 15.1. The molecule has 4 aromatic rings. The summed E-state index contributed by atoms with van der Waals surface area (Å²) in [5, 5.41) is 12.7. The van der Waals surface area contributed by atoms with Crippen LogP contribution in [-0.2, 0) is 4.79 Å². The first-order chi connectivity index (χ1) is 22.1. The number of hydrogen-bond acceptors (Lipinski definition) is 6. The van der Waals surface area contributed by atoms with E-state index in [0.29, 0.717) is 16.9 Å². The number of amides is 2. The van der Waals surface area contributed by atoms with Crippen LogP contribution < -0.4 is 16.0 Å². The van der Waals surface area contributed by atoms with Gasteiger partial charge in [-0.25, -0.2) is 23.1 Å². The van der Waals surface area contributed by atoms with Gasteiger partial charge >= 0.3 is 0 Å². The van der Waals surface area contributed by atoms with Gasteiger partial charge in [-0.2, -0.15) is 9.49 Å². The van der Waals surface area contributed by atoms with Crippen molar-refractivity contribution in [3.8, 4) is 11.3 Å². The van der Waals surface area contributed by atoms with Gasteiger partial charge in [-0.05, 0) is 43.9 Å². The molecule has 13 heteroatoms. The zero-order chi connectivity index (χ0) is 32.0. The molecular weight excluding hydrogens is 602 g/mol. The van der Waals surface area contributed by atoms with E-state index in [1.807, 2.05) is 0 Å². The zero-order valence-corrected chi connectivity index (χ0v) is 24.4. The summed E-state index contributed by atoms with van der Waals surface area (Å²) in [7, 11) is 0. The molecule has 0 unspecified atom stereocenters. The maximum Gasteiger partial charge on any atom is 0.269 e. The second-order valence-electron chi connectivity index (χ2n) is 11.8. The highest BCUT2D eigenvalue weighted by atomic mass is 19.3. The summed E-state index contributed by atoms with van der Waals surface area (Å²) in [5.74, 6) is -5.60. The molecule has 3 aliphatic rings. The van der Waals surface area contributed by atoms with Crippen molar-refractivity contribution in [1.29, 1.82) is 0 Å². The number of aliphatic imine (C=N–C) groups is 1. The molecule has 0 bridgehead atoms. The number of benzene rings is 2. The summed E-state index contributed by atoms with van der Waals surface area (Å²) >= 11 is 0. The lowest BCUT2D eigenvalue weighted by atomic mass is 9.92. The third-order valence-corrected chi connectivity index (χ3v) is 8.41. The first kappa shape index (κ1) is 29.6. The van der Waals surface area contributed by atoms with Crippen LogP contribution in [0, 0.1) is 11.8 Å². The minimum atomic E-state index is -2.79. The van der Waals surface area contributed by atoms with E-state index in [1.54, 1.807) is 42.5 Å². The first-order valence-corrected chi connectivity index (χ1v) is 15.1. The van der Waals surface area contributed by atoms with Crippen LogP contribution in [0.5, 0.6) is 0 Å². The average molecular weight is 632 g/mol. The second kappa shape index (κ2) is 11.7. The number of nitrogens with zero attached hydrogens (tertiary/aromatic N) is 4. The third-order valence-electron chi connectivity index (χ3n) is 8.41. The van der Waals surface area contributed by atoms with Crippen molar-refractivity contribution in [3.05, 3.63) is 95.3 Å². The van der Waals surface area contributed by atoms with Gasteiger partial charge in [0.05, 0.1) is 28.6 Å². The number of pyridine rings is 1. The molecule has 2 aromatic carbocycles. The fourth-order valence-electron chi connectivity index (χ4n) is 5.78. The quantitative estimate of drug-likeness (QED) is 0.169. The number of hydrogen-bond donors (Lipinski definition) is 3. The molecule has 9 nitrogen and oxygen atoms in total. The molecule has 0 saturated heterocycles. The van der Waals surface area contributed by atoms with Gasteiger partial charge in [-0.15, -0.1) is 0 Å². The highest BCUT2D eigenvalue weighted by Crippen LogP contribution is 2.39. The molecule has 1 atom stereocenters. The Kier molecular flexibility index (Phi) is 7.53. The van der Waals surface area contributed by atoms with Crippen molar-refractivity contribution in [2.75, 3.05) is 10.6 Å². The molecule has 46 heavy (non-hydrogen) atoms. The fraction of sp³-hybridized carbons (Fsp3) is 0.303. The monoisotopic (exact) mass is 631 g/mol. The van der Waals surface area contributed by atoms with Crippen LogP contribution in [0.4, 0.5) is 29.1 Å². The number of para-hydroxylation sites is 1.